The lowest BCUT2D eigenvalue weighted by atomic mass is 10.1. The van der Waals surface area contributed by atoms with E-state index in [0.717, 1.165) is 4.47 Å². The van der Waals surface area contributed by atoms with Crippen LogP contribution >= 0.6 is 15.9 Å². The van der Waals surface area contributed by atoms with Gasteiger partial charge in [-0.2, -0.15) is 0 Å². The highest BCUT2D eigenvalue weighted by Crippen LogP contribution is 2.25. The molecule has 0 aliphatic heterocycles. The number of pyridine rings is 2. The molecule has 2 aromatic rings. The number of ether oxygens (including phenoxy) is 1. The molecule has 2 heterocycles. The minimum atomic E-state index is -0.392. The molecule has 2 rings (SSSR count). The molecule has 6 nitrogen and oxygen atoms in total. The molecule has 2 aromatic heterocycles. The van der Waals surface area contributed by atoms with Crippen LogP contribution in [0, 0.1) is 24.0 Å². The fourth-order valence-corrected chi connectivity index (χ4v) is 2.16. The average Bonchev–Trinajstić information content (AvgIpc) is 2.37. The zero-order chi connectivity index (χ0) is 14.7. The molecule has 0 bridgehead atoms. The summed E-state index contributed by atoms with van der Waals surface area (Å²) in [5, 5.41) is 11.0. The largest absolute Gasteiger partial charge is 0.486 e. The van der Waals surface area contributed by atoms with Crippen LogP contribution in [0.4, 0.5) is 5.69 Å². The third-order valence-electron chi connectivity index (χ3n) is 2.81. The van der Waals surface area contributed by atoms with E-state index < -0.39 is 4.92 Å². The van der Waals surface area contributed by atoms with Crippen molar-refractivity contribution in [3.05, 3.63) is 56.1 Å². The van der Waals surface area contributed by atoms with Crippen molar-refractivity contribution in [2.24, 2.45) is 0 Å². The molecule has 0 fully saturated rings. The lowest BCUT2D eigenvalue weighted by Crippen LogP contribution is -2.05. The summed E-state index contributed by atoms with van der Waals surface area (Å²) in [6.45, 7) is 3.50. The third-order valence-corrected chi connectivity index (χ3v) is 3.25. The molecule has 0 spiro atoms. The lowest BCUT2D eigenvalue weighted by Gasteiger charge is -2.09. The SMILES string of the molecule is Cc1cnc(COc2cncc(Br)c2)c(C)c1[N+](=O)[O-]. The molecule has 104 valence electrons. The van der Waals surface area contributed by atoms with Crippen LogP contribution in [-0.2, 0) is 6.61 Å². The normalized spacial score (nSPS) is 10.3. The highest BCUT2D eigenvalue weighted by Gasteiger charge is 2.18. The fraction of sp³-hybridized carbons (Fsp3) is 0.231. The maximum Gasteiger partial charge on any atom is 0.278 e. The van der Waals surface area contributed by atoms with Gasteiger partial charge < -0.3 is 4.74 Å². The van der Waals surface area contributed by atoms with Gasteiger partial charge in [-0.1, -0.05) is 0 Å². The summed E-state index contributed by atoms with van der Waals surface area (Å²) in [6.07, 6.45) is 4.71. The molecule has 7 heteroatoms. The minimum Gasteiger partial charge on any atom is -0.486 e. The predicted octanol–water partition coefficient (Wildman–Crippen LogP) is 3.34. The van der Waals surface area contributed by atoms with Gasteiger partial charge in [-0.3, -0.25) is 20.1 Å². The molecule has 0 amide bonds. The maximum absolute atomic E-state index is 11.0. The van der Waals surface area contributed by atoms with Crippen molar-refractivity contribution >= 4 is 21.6 Å². The Labute approximate surface area is 124 Å². The van der Waals surface area contributed by atoms with Crippen molar-refractivity contribution < 1.29 is 9.66 Å². The monoisotopic (exact) mass is 337 g/mol. The molecule has 0 aromatic carbocycles. The second kappa shape index (κ2) is 5.96. The van der Waals surface area contributed by atoms with Gasteiger partial charge in [0, 0.05) is 22.4 Å². The summed E-state index contributed by atoms with van der Waals surface area (Å²) in [7, 11) is 0. The molecule has 0 atom stereocenters. The number of rotatable bonds is 4. The molecular weight excluding hydrogens is 326 g/mol. The van der Waals surface area contributed by atoms with E-state index in [1.165, 1.54) is 6.20 Å². The first kappa shape index (κ1) is 14.4. The van der Waals surface area contributed by atoms with Crippen LogP contribution in [0.15, 0.2) is 29.1 Å². The van der Waals surface area contributed by atoms with Gasteiger partial charge in [0.2, 0.25) is 0 Å². The topological polar surface area (TPSA) is 78.2 Å². The van der Waals surface area contributed by atoms with Crippen LogP contribution in [0.3, 0.4) is 0 Å². The summed E-state index contributed by atoms with van der Waals surface area (Å²) >= 11 is 3.30. The quantitative estimate of drug-likeness (QED) is 0.631. The van der Waals surface area contributed by atoms with Gasteiger partial charge in [-0.25, -0.2) is 0 Å². The van der Waals surface area contributed by atoms with E-state index in [9.17, 15) is 10.1 Å². The number of nitrogens with zero attached hydrogens (tertiary/aromatic N) is 3. The number of halogens is 1. The third kappa shape index (κ3) is 3.11. The average molecular weight is 338 g/mol. The molecule has 0 unspecified atom stereocenters. The van der Waals surface area contributed by atoms with E-state index >= 15 is 0 Å². The number of nitro groups is 1. The predicted molar refractivity (Wildman–Crippen MR) is 76.6 cm³/mol. The van der Waals surface area contributed by atoms with Gasteiger partial charge in [-0.15, -0.1) is 0 Å². The number of hydrogen-bond donors (Lipinski definition) is 0. The number of aryl methyl sites for hydroxylation is 1. The maximum atomic E-state index is 11.0. The first-order valence-corrected chi connectivity index (χ1v) is 6.61. The zero-order valence-electron chi connectivity index (χ0n) is 11.0. The summed E-state index contributed by atoms with van der Waals surface area (Å²) in [6, 6.07) is 1.77. The Morgan fingerprint density at radius 2 is 2.10 bits per heavy atom. The smallest absolute Gasteiger partial charge is 0.278 e. The number of hydrogen-bond acceptors (Lipinski definition) is 5. The molecule has 0 saturated carbocycles. The van der Waals surface area contributed by atoms with Crippen LogP contribution in [0.2, 0.25) is 0 Å². The van der Waals surface area contributed by atoms with Crippen LogP contribution in [0.1, 0.15) is 16.8 Å². The highest BCUT2D eigenvalue weighted by atomic mass is 79.9. The Morgan fingerprint density at radius 3 is 2.75 bits per heavy atom. The minimum absolute atomic E-state index is 0.0889. The lowest BCUT2D eigenvalue weighted by molar-refractivity contribution is -0.386. The molecule has 0 N–H and O–H groups in total. The van der Waals surface area contributed by atoms with E-state index in [1.807, 2.05) is 0 Å². The van der Waals surface area contributed by atoms with Crippen LogP contribution in [0.25, 0.3) is 0 Å². The molecule has 0 aliphatic carbocycles. The van der Waals surface area contributed by atoms with Gasteiger partial charge in [0.1, 0.15) is 12.4 Å². The van der Waals surface area contributed by atoms with Gasteiger partial charge in [0.25, 0.3) is 5.69 Å². The van der Waals surface area contributed by atoms with Crippen molar-refractivity contribution in [2.75, 3.05) is 0 Å². The molecule has 0 saturated heterocycles. The Hall–Kier alpha value is -2.02. The van der Waals surface area contributed by atoms with Gasteiger partial charge in [-0.05, 0) is 35.8 Å². The Kier molecular flexibility index (Phi) is 4.29. The van der Waals surface area contributed by atoms with Gasteiger partial charge >= 0.3 is 0 Å². The highest BCUT2D eigenvalue weighted by molar-refractivity contribution is 9.10. The second-order valence-electron chi connectivity index (χ2n) is 4.25. The summed E-state index contributed by atoms with van der Waals surface area (Å²) in [4.78, 5) is 18.8. The summed E-state index contributed by atoms with van der Waals surface area (Å²) < 4.78 is 6.35. The fourth-order valence-electron chi connectivity index (χ4n) is 1.81. The van der Waals surface area contributed by atoms with Crippen LogP contribution < -0.4 is 4.74 Å². The Balaban J connectivity index is 2.22. The first-order chi connectivity index (χ1) is 9.49. The van der Waals surface area contributed by atoms with Crippen LogP contribution in [0.5, 0.6) is 5.75 Å². The van der Waals surface area contributed by atoms with E-state index in [2.05, 4.69) is 25.9 Å². The first-order valence-electron chi connectivity index (χ1n) is 5.82. The van der Waals surface area contributed by atoms with Crippen molar-refractivity contribution in [1.82, 2.24) is 9.97 Å². The van der Waals surface area contributed by atoms with Gasteiger partial charge in [0.15, 0.2) is 0 Å². The number of aromatic nitrogens is 2. The summed E-state index contributed by atoms with van der Waals surface area (Å²) in [5.74, 6) is 0.573. The molecule has 0 aliphatic rings. The van der Waals surface area contributed by atoms with Crippen molar-refractivity contribution in [1.29, 1.82) is 0 Å². The van der Waals surface area contributed by atoms with E-state index in [1.54, 1.807) is 32.3 Å². The Morgan fingerprint density at radius 1 is 1.35 bits per heavy atom. The Bertz CT molecular complexity index is 661. The van der Waals surface area contributed by atoms with E-state index in [4.69, 9.17) is 4.74 Å². The standard InChI is InChI=1S/C13H12BrN3O3/c1-8-4-16-12(9(2)13(8)17(18)19)7-20-11-3-10(14)5-15-6-11/h3-6H,7H2,1-2H3. The van der Waals surface area contributed by atoms with E-state index in [-0.39, 0.29) is 12.3 Å². The second-order valence-corrected chi connectivity index (χ2v) is 5.16. The summed E-state index contributed by atoms with van der Waals surface area (Å²) in [5.41, 5.74) is 1.70. The molecular formula is C13H12BrN3O3. The van der Waals surface area contributed by atoms with Crippen molar-refractivity contribution in [3.8, 4) is 5.75 Å². The zero-order valence-corrected chi connectivity index (χ0v) is 12.5. The van der Waals surface area contributed by atoms with E-state index in [0.29, 0.717) is 22.6 Å². The molecule has 0 radical (unpaired) electrons. The van der Waals surface area contributed by atoms with Crippen molar-refractivity contribution in [3.63, 3.8) is 0 Å². The van der Waals surface area contributed by atoms with Gasteiger partial charge in [0.05, 0.1) is 22.4 Å². The molecule has 20 heavy (non-hydrogen) atoms. The van der Waals surface area contributed by atoms with Crippen molar-refractivity contribution in [2.45, 2.75) is 20.5 Å². The van der Waals surface area contributed by atoms with Crippen LogP contribution in [-0.4, -0.2) is 14.9 Å².